The summed E-state index contributed by atoms with van der Waals surface area (Å²) in [6.45, 7) is 0.143. The van der Waals surface area contributed by atoms with Crippen LogP contribution in [0.3, 0.4) is 0 Å². The van der Waals surface area contributed by atoms with Crippen LogP contribution in [0.4, 0.5) is 8.78 Å². The zero-order valence-corrected chi connectivity index (χ0v) is 11.5. The minimum absolute atomic E-state index is 0.143. The molecule has 0 fully saturated rings. The van der Waals surface area contributed by atoms with Gasteiger partial charge in [-0.2, -0.15) is 5.10 Å². The van der Waals surface area contributed by atoms with Crippen molar-refractivity contribution in [2.75, 3.05) is 0 Å². The van der Waals surface area contributed by atoms with Crippen LogP contribution in [0, 0.1) is 11.6 Å². The maximum absolute atomic E-state index is 13.6. The van der Waals surface area contributed by atoms with Crippen molar-refractivity contribution in [3.63, 3.8) is 0 Å². The lowest BCUT2D eigenvalue weighted by Gasteiger charge is -2.07. The Morgan fingerprint density at radius 1 is 1.42 bits per heavy atom. The quantitative estimate of drug-likeness (QED) is 0.939. The van der Waals surface area contributed by atoms with E-state index in [2.05, 4.69) is 26.3 Å². The normalized spacial score (nSPS) is 10.5. The summed E-state index contributed by atoms with van der Waals surface area (Å²) in [5, 5.41) is 6.37. The van der Waals surface area contributed by atoms with Crippen LogP contribution in [0.5, 0.6) is 0 Å². The number of nitrogens with zero attached hydrogens (tertiary/aromatic N) is 2. The fourth-order valence-corrected chi connectivity index (χ4v) is 2.00. The number of aromatic nitrogens is 2. The Morgan fingerprint density at radius 3 is 2.58 bits per heavy atom. The van der Waals surface area contributed by atoms with E-state index in [9.17, 15) is 13.6 Å². The predicted octanol–water partition coefficient (Wildman–Crippen LogP) is 2.39. The van der Waals surface area contributed by atoms with Gasteiger partial charge >= 0.3 is 0 Å². The lowest BCUT2D eigenvalue weighted by atomic mass is 10.2. The van der Waals surface area contributed by atoms with E-state index in [0.717, 1.165) is 17.8 Å². The van der Waals surface area contributed by atoms with Gasteiger partial charge in [0.25, 0.3) is 5.91 Å². The van der Waals surface area contributed by atoms with Crippen molar-refractivity contribution >= 4 is 21.8 Å². The topological polar surface area (TPSA) is 46.9 Å². The fraction of sp³-hybridized carbons (Fsp3) is 0.167. The van der Waals surface area contributed by atoms with Gasteiger partial charge < -0.3 is 5.32 Å². The number of benzene rings is 1. The molecular formula is C12H10BrF2N3O. The van der Waals surface area contributed by atoms with E-state index >= 15 is 0 Å². The summed E-state index contributed by atoms with van der Waals surface area (Å²) < 4.78 is 28.9. The predicted molar refractivity (Wildman–Crippen MR) is 68.4 cm³/mol. The minimum atomic E-state index is -0.908. The van der Waals surface area contributed by atoms with E-state index in [1.54, 1.807) is 24.0 Å². The maximum atomic E-state index is 13.6. The lowest BCUT2D eigenvalue weighted by molar-refractivity contribution is 0.0941. The standard InChI is InChI=1S/C12H10BrF2N3O/c1-18-8(2-3-17-18)6-16-12(19)11-9(14)4-7(13)5-10(11)15/h2-5H,6H2,1H3,(H,16,19). The Balaban J connectivity index is 2.15. The van der Waals surface area contributed by atoms with E-state index in [4.69, 9.17) is 0 Å². The first kappa shape index (κ1) is 13.7. The maximum Gasteiger partial charge on any atom is 0.257 e. The molecule has 0 bridgehead atoms. The number of carbonyl (C=O) groups excluding carboxylic acids is 1. The van der Waals surface area contributed by atoms with E-state index < -0.39 is 23.1 Å². The first-order valence-corrected chi connectivity index (χ1v) is 6.18. The number of aryl methyl sites for hydroxylation is 1. The summed E-state index contributed by atoms with van der Waals surface area (Å²) in [5.74, 6) is -2.62. The molecule has 1 aromatic heterocycles. The second-order valence-electron chi connectivity index (χ2n) is 3.87. The molecule has 7 heteroatoms. The van der Waals surface area contributed by atoms with Gasteiger partial charge in [-0.3, -0.25) is 9.48 Å². The minimum Gasteiger partial charge on any atom is -0.346 e. The summed E-state index contributed by atoms with van der Waals surface area (Å²) in [6.07, 6.45) is 1.57. The molecule has 19 heavy (non-hydrogen) atoms. The Hall–Kier alpha value is -1.76. The molecule has 1 aromatic carbocycles. The van der Waals surface area contributed by atoms with Crippen molar-refractivity contribution in [2.45, 2.75) is 6.54 Å². The highest BCUT2D eigenvalue weighted by Gasteiger charge is 2.18. The molecule has 0 saturated heterocycles. The fourth-order valence-electron chi connectivity index (χ4n) is 1.59. The van der Waals surface area contributed by atoms with Gasteiger partial charge in [-0.15, -0.1) is 0 Å². The first-order chi connectivity index (χ1) is 8.99. The summed E-state index contributed by atoms with van der Waals surface area (Å²) in [4.78, 5) is 11.8. The monoisotopic (exact) mass is 329 g/mol. The number of amides is 1. The van der Waals surface area contributed by atoms with Crippen LogP contribution in [0.2, 0.25) is 0 Å². The van der Waals surface area contributed by atoms with Gasteiger partial charge in [0.2, 0.25) is 0 Å². The molecule has 0 radical (unpaired) electrons. The highest BCUT2D eigenvalue weighted by Crippen LogP contribution is 2.19. The van der Waals surface area contributed by atoms with Crippen molar-refractivity contribution in [3.8, 4) is 0 Å². The highest BCUT2D eigenvalue weighted by atomic mass is 79.9. The van der Waals surface area contributed by atoms with Crippen molar-refractivity contribution < 1.29 is 13.6 Å². The smallest absolute Gasteiger partial charge is 0.257 e. The molecular weight excluding hydrogens is 320 g/mol. The van der Waals surface area contributed by atoms with Crippen LogP contribution >= 0.6 is 15.9 Å². The molecule has 0 unspecified atom stereocenters. The third kappa shape index (κ3) is 2.98. The van der Waals surface area contributed by atoms with E-state index in [-0.39, 0.29) is 11.0 Å². The first-order valence-electron chi connectivity index (χ1n) is 5.38. The molecule has 1 heterocycles. The van der Waals surface area contributed by atoms with E-state index in [1.807, 2.05) is 0 Å². The van der Waals surface area contributed by atoms with E-state index in [0.29, 0.717) is 0 Å². The Bertz CT molecular complexity index is 604. The summed E-state index contributed by atoms with van der Waals surface area (Å²) >= 11 is 2.95. The van der Waals surface area contributed by atoms with Crippen LogP contribution in [0.25, 0.3) is 0 Å². The van der Waals surface area contributed by atoms with Crippen LogP contribution in [0.1, 0.15) is 16.1 Å². The molecule has 100 valence electrons. The lowest BCUT2D eigenvalue weighted by Crippen LogP contribution is -2.26. The van der Waals surface area contributed by atoms with Crippen molar-refractivity contribution in [3.05, 3.63) is 51.8 Å². The van der Waals surface area contributed by atoms with Crippen LogP contribution in [-0.4, -0.2) is 15.7 Å². The average molecular weight is 330 g/mol. The molecule has 0 aliphatic rings. The van der Waals surface area contributed by atoms with Crippen LogP contribution < -0.4 is 5.32 Å². The van der Waals surface area contributed by atoms with Crippen LogP contribution in [-0.2, 0) is 13.6 Å². The second kappa shape index (κ2) is 5.48. The van der Waals surface area contributed by atoms with Gasteiger partial charge in [-0.1, -0.05) is 15.9 Å². The second-order valence-corrected chi connectivity index (χ2v) is 4.79. The number of rotatable bonds is 3. The molecule has 0 aliphatic carbocycles. The Kier molecular flexibility index (Phi) is 3.94. The van der Waals surface area contributed by atoms with Gasteiger partial charge in [0.05, 0.1) is 12.2 Å². The molecule has 0 aliphatic heterocycles. The number of hydrogen-bond acceptors (Lipinski definition) is 2. The molecule has 0 atom stereocenters. The molecule has 0 spiro atoms. The van der Waals surface area contributed by atoms with Crippen molar-refractivity contribution in [2.24, 2.45) is 7.05 Å². The SMILES string of the molecule is Cn1nccc1CNC(=O)c1c(F)cc(Br)cc1F. The molecule has 2 aromatic rings. The van der Waals surface area contributed by atoms with Gasteiger partial charge in [0.15, 0.2) is 0 Å². The third-order valence-corrected chi connectivity index (χ3v) is 3.04. The largest absolute Gasteiger partial charge is 0.346 e. The van der Waals surface area contributed by atoms with Gasteiger partial charge in [0, 0.05) is 17.7 Å². The van der Waals surface area contributed by atoms with Gasteiger partial charge in [-0.25, -0.2) is 8.78 Å². The third-order valence-electron chi connectivity index (χ3n) is 2.59. The number of halogens is 3. The van der Waals surface area contributed by atoms with Crippen molar-refractivity contribution in [1.29, 1.82) is 0 Å². The summed E-state index contributed by atoms with van der Waals surface area (Å²) in [6, 6.07) is 3.79. The zero-order valence-electron chi connectivity index (χ0n) is 9.95. The number of carbonyl (C=O) groups is 1. The highest BCUT2D eigenvalue weighted by molar-refractivity contribution is 9.10. The summed E-state index contributed by atoms with van der Waals surface area (Å²) in [7, 11) is 1.71. The van der Waals surface area contributed by atoms with Gasteiger partial charge in [-0.05, 0) is 18.2 Å². The number of hydrogen-bond donors (Lipinski definition) is 1. The molecule has 4 nitrogen and oxygen atoms in total. The summed E-state index contributed by atoms with van der Waals surface area (Å²) in [5.41, 5.74) is 0.136. The average Bonchev–Trinajstić information content (AvgIpc) is 2.70. The van der Waals surface area contributed by atoms with E-state index in [1.165, 1.54) is 0 Å². The molecule has 1 amide bonds. The van der Waals surface area contributed by atoms with Gasteiger partial charge in [0.1, 0.15) is 17.2 Å². The van der Waals surface area contributed by atoms with Crippen LogP contribution in [0.15, 0.2) is 28.9 Å². The Labute approximate surface area is 116 Å². The molecule has 0 saturated carbocycles. The number of nitrogens with one attached hydrogen (secondary N) is 1. The zero-order chi connectivity index (χ0) is 14.0. The Morgan fingerprint density at radius 2 is 2.05 bits per heavy atom. The van der Waals surface area contributed by atoms with Crippen molar-refractivity contribution in [1.82, 2.24) is 15.1 Å². The molecule has 1 N–H and O–H groups in total. The molecule has 2 rings (SSSR count).